The van der Waals surface area contributed by atoms with E-state index in [-0.39, 0.29) is 17.8 Å². The number of thiazole rings is 1. The Kier molecular flexibility index (Phi) is 4.02. The maximum absolute atomic E-state index is 10.9. The number of nitrogens with two attached hydrogens (primary N) is 1. The molecule has 1 fully saturated rings. The molecule has 0 aliphatic heterocycles. The SMILES string of the molecule is CC1(C)[C@H](CC(=O)O)C[C@H]1c1csc([NH2+]c2ccccc2)n1. The molecule has 116 valence electrons. The van der Waals surface area contributed by atoms with Gasteiger partial charge in [-0.3, -0.25) is 10.1 Å². The van der Waals surface area contributed by atoms with Crippen LogP contribution in [0.4, 0.5) is 10.8 Å². The summed E-state index contributed by atoms with van der Waals surface area (Å²) in [6, 6.07) is 10.2. The highest BCUT2D eigenvalue weighted by atomic mass is 32.1. The van der Waals surface area contributed by atoms with Gasteiger partial charge in [0, 0.05) is 17.7 Å². The van der Waals surface area contributed by atoms with Crippen molar-refractivity contribution < 1.29 is 15.2 Å². The fraction of sp³-hybridized carbons (Fsp3) is 0.412. The summed E-state index contributed by atoms with van der Waals surface area (Å²) in [6.45, 7) is 4.32. The van der Waals surface area contributed by atoms with Gasteiger partial charge >= 0.3 is 5.97 Å². The van der Waals surface area contributed by atoms with Crippen LogP contribution in [-0.2, 0) is 4.79 Å². The van der Waals surface area contributed by atoms with Crippen molar-refractivity contribution in [3.63, 3.8) is 0 Å². The van der Waals surface area contributed by atoms with E-state index in [1.165, 1.54) is 0 Å². The zero-order chi connectivity index (χ0) is 15.7. The van der Waals surface area contributed by atoms with Gasteiger partial charge in [0.05, 0.1) is 5.69 Å². The first-order valence-corrected chi connectivity index (χ1v) is 8.42. The molecular formula is C17H21N2O2S+. The Morgan fingerprint density at radius 2 is 2.14 bits per heavy atom. The lowest BCUT2D eigenvalue weighted by atomic mass is 9.53. The third-order valence-electron chi connectivity index (χ3n) is 4.88. The molecule has 0 spiro atoms. The quantitative estimate of drug-likeness (QED) is 0.832. The Hall–Kier alpha value is -1.72. The van der Waals surface area contributed by atoms with E-state index in [0.29, 0.717) is 5.92 Å². The number of hydrogen-bond acceptors (Lipinski definition) is 3. The molecule has 1 aromatic carbocycles. The van der Waals surface area contributed by atoms with Crippen molar-refractivity contribution >= 4 is 28.1 Å². The average Bonchev–Trinajstić information content (AvgIpc) is 2.91. The highest BCUT2D eigenvalue weighted by molar-refractivity contribution is 7.12. The third kappa shape index (κ3) is 2.91. The molecule has 3 rings (SSSR count). The number of hydrogen-bond donors (Lipinski definition) is 2. The summed E-state index contributed by atoms with van der Waals surface area (Å²) < 4.78 is 0. The van der Waals surface area contributed by atoms with Crippen molar-refractivity contribution in [2.45, 2.75) is 32.6 Å². The van der Waals surface area contributed by atoms with Gasteiger partial charge in [-0.2, -0.15) is 4.98 Å². The van der Waals surface area contributed by atoms with E-state index in [9.17, 15) is 4.79 Å². The third-order valence-corrected chi connectivity index (χ3v) is 5.69. The number of carbonyl (C=O) groups is 1. The minimum atomic E-state index is -0.701. The molecule has 0 unspecified atom stereocenters. The van der Waals surface area contributed by atoms with Crippen LogP contribution in [0.2, 0.25) is 0 Å². The summed E-state index contributed by atoms with van der Waals surface area (Å²) in [5.41, 5.74) is 2.27. The van der Waals surface area contributed by atoms with Crippen molar-refractivity contribution in [3.05, 3.63) is 41.4 Å². The van der Waals surface area contributed by atoms with Gasteiger partial charge < -0.3 is 5.11 Å². The fourth-order valence-electron chi connectivity index (χ4n) is 3.29. The predicted molar refractivity (Wildman–Crippen MR) is 86.7 cm³/mol. The van der Waals surface area contributed by atoms with Crippen LogP contribution < -0.4 is 5.32 Å². The normalized spacial score (nSPS) is 23.0. The van der Waals surface area contributed by atoms with E-state index in [4.69, 9.17) is 10.1 Å². The molecule has 3 N–H and O–H groups in total. The monoisotopic (exact) mass is 317 g/mol. The first-order valence-electron chi connectivity index (χ1n) is 7.54. The van der Waals surface area contributed by atoms with Crippen molar-refractivity contribution in [1.82, 2.24) is 4.98 Å². The van der Waals surface area contributed by atoms with Gasteiger partial charge in [-0.15, -0.1) is 0 Å². The van der Waals surface area contributed by atoms with Crippen LogP contribution >= 0.6 is 11.3 Å². The van der Waals surface area contributed by atoms with E-state index >= 15 is 0 Å². The second kappa shape index (κ2) is 5.82. The number of para-hydroxylation sites is 1. The Morgan fingerprint density at radius 1 is 1.41 bits per heavy atom. The molecule has 1 heterocycles. The molecule has 22 heavy (non-hydrogen) atoms. The zero-order valence-electron chi connectivity index (χ0n) is 12.8. The second-order valence-electron chi connectivity index (χ2n) is 6.57. The molecule has 5 heteroatoms. The smallest absolute Gasteiger partial charge is 0.303 e. The Morgan fingerprint density at radius 3 is 2.77 bits per heavy atom. The van der Waals surface area contributed by atoms with Gasteiger partial charge in [0.25, 0.3) is 5.13 Å². The van der Waals surface area contributed by atoms with Crippen LogP contribution in [0.1, 0.15) is 38.3 Å². The minimum absolute atomic E-state index is 0.0104. The molecule has 0 radical (unpaired) electrons. The van der Waals surface area contributed by atoms with Crippen LogP contribution in [0.3, 0.4) is 0 Å². The summed E-state index contributed by atoms with van der Waals surface area (Å²) >= 11 is 1.65. The summed E-state index contributed by atoms with van der Waals surface area (Å²) in [4.78, 5) is 15.7. The molecule has 1 aliphatic rings. The molecule has 4 nitrogen and oxygen atoms in total. The molecular weight excluding hydrogens is 296 g/mol. The lowest BCUT2D eigenvalue weighted by molar-refractivity contribution is -0.478. The van der Waals surface area contributed by atoms with Crippen molar-refractivity contribution in [1.29, 1.82) is 0 Å². The lowest BCUT2D eigenvalue weighted by Gasteiger charge is -2.51. The number of rotatable bonds is 5. The molecule has 0 bridgehead atoms. The number of quaternary nitrogens is 1. The van der Waals surface area contributed by atoms with E-state index in [1.54, 1.807) is 11.3 Å². The lowest BCUT2D eigenvalue weighted by Crippen LogP contribution is -2.70. The largest absolute Gasteiger partial charge is 0.481 e. The van der Waals surface area contributed by atoms with Gasteiger partial charge in [-0.1, -0.05) is 43.4 Å². The second-order valence-corrected chi connectivity index (χ2v) is 7.46. The van der Waals surface area contributed by atoms with Crippen LogP contribution in [0.5, 0.6) is 0 Å². The van der Waals surface area contributed by atoms with Crippen LogP contribution in [0.15, 0.2) is 35.7 Å². The van der Waals surface area contributed by atoms with E-state index < -0.39 is 5.97 Å². The van der Waals surface area contributed by atoms with Crippen molar-refractivity contribution in [2.75, 3.05) is 0 Å². The number of carboxylic acids is 1. The van der Waals surface area contributed by atoms with Gasteiger partial charge in [-0.05, 0) is 29.9 Å². The Labute approximate surface area is 134 Å². The Bertz CT molecular complexity index is 666. The number of aromatic nitrogens is 1. The number of nitrogens with zero attached hydrogens (tertiary/aromatic N) is 1. The van der Waals surface area contributed by atoms with E-state index in [1.807, 2.05) is 18.2 Å². The fourth-order valence-corrected chi connectivity index (χ4v) is 4.11. The number of benzene rings is 1. The minimum Gasteiger partial charge on any atom is -0.481 e. The summed E-state index contributed by atoms with van der Waals surface area (Å²) in [5.74, 6) is -0.0859. The molecule has 1 aliphatic carbocycles. The molecule has 0 amide bonds. The van der Waals surface area contributed by atoms with Crippen molar-refractivity contribution in [3.8, 4) is 0 Å². The maximum atomic E-state index is 10.9. The molecule has 1 aromatic heterocycles. The highest BCUT2D eigenvalue weighted by Crippen LogP contribution is 2.58. The molecule has 0 saturated heterocycles. The summed E-state index contributed by atoms with van der Waals surface area (Å²) in [5, 5.41) is 14.2. The van der Waals surface area contributed by atoms with Gasteiger partial charge in [0.1, 0.15) is 5.69 Å². The van der Waals surface area contributed by atoms with Gasteiger partial charge in [-0.25, -0.2) is 0 Å². The Balaban J connectivity index is 1.69. The maximum Gasteiger partial charge on any atom is 0.303 e. The van der Waals surface area contributed by atoms with Crippen LogP contribution in [0.25, 0.3) is 0 Å². The van der Waals surface area contributed by atoms with Gasteiger partial charge in [0.15, 0.2) is 0 Å². The topological polar surface area (TPSA) is 66.8 Å². The average molecular weight is 317 g/mol. The molecule has 1 saturated carbocycles. The van der Waals surface area contributed by atoms with Gasteiger partial charge in [0.2, 0.25) is 0 Å². The van der Waals surface area contributed by atoms with E-state index in [2.05, 4.69) is 36.7 Å². The molecule has 2 aromatic rings. The number of aliphatic carboxylic acids is 1. The highest BCUT2D eigenvalue weighted by Gasteiger charge is 2.50. The first kappa shape index (κ1) is 15.2. The summed E-state index contributed by atoms with van der Waals surface area (Å²) in [7, 11) is 0. The van der Waals surface area contributed by atoms with Crippen LogP contribution in [0, 0.1) is 11.3 Å². The molecule has 2 atom stereocenters. The number of carboxylic acid groups (broad SMARTS) is 1. The standard InChI is InChI=1S/C17H20N2O2S/c1-17(2)11(9-15(20)21)8-13(17)14-10-22-16(19-14)18-12-6-4-3-5-7-12/h3-7,10-11,13H,8-9H2,1-2H3,(H,18,19)(H,20,21)/p+1/t11-,13-/m0/s1. The van der Waals surface area contributed by atoms with Crippen LogP contribution in [-0.4, -0.2) is 16.1 Å². The first-order chi connectivity index (χ1) is 10.5. The predicted octanol–water partition coefficient (Wildman–Crippen LogP) is 3.27. The zero-order valence-corrected chi connectivity index (χ0v) is 13.6. The summed E-state index contributed by atoms with van der Waals surface area (Å²) in [6.07, 6.45) is 1.18. The van der Waals surface area contributed by atoms with Crippen molar-refractivity contribution in [2.24, 2.45) is 11.3 Å². The van der Waals surface area contributed by atoms with E-state index in [0.717, 1.165) is 22.9 Å².